The molecule has 0 saturated heterocycles. The number of fused-ring (bicyclic) bond motifs is 7. The first-order valence-electron chi connectivity index (χ1n) is 16.5. The summed E-state index contributed by atoms with van der Waals surface area (Å²) in [5.74, 6) is 2.70. The van der Waals surface area contributed by atoms with Gasteiger partial charge in [-0.2, -0.15) is 0 Å². The topological polar surface area (TPSA) is 60.8 Å². The Bertz CT molecular complexity index is 2650. The molecule has 2 aliphatic rings. The van der Waals surface area contributed by atoms with Crippen molar-refractivity contribution in [3.05, 3.63) is 169 Å². The fraction of sp³-hybridized carbons (Fsp3) is 0.0455. The summed E-state index contributed by atoms with van der Waals surface area (Å²) < 4.78 is 6.67. The summed E-state index contributed by atoms with van der Waals surface area (Å²) in [7, 11) is 0. The van der Waals surface area contributed by atoms with Gasteiger partial charge in [-0.3, -0.25) is 4.98 Å². The number of rotatable bonds is 4. The van der Waals surface area contributed by atoms with Crippen molar-refractivity contribution < 1.29 is 4.74 Å². The van der Waals surface area contributed by atoms with Crippen LogP contribution in [-0.2, 0) is 0 Å². The van der Waals surface area contributed by atoms with E-state index < -0.39 is 0 Å². The Hall–Kier alpha value is -6.46. The molecule has 2 atom stereocenters. The lowest BCUT2D eigenvalue weighted by Crippen LogP contribution is -2.23. The van der Waals surface area contributed by atoms with Crippen LogP contribution in [0.15, 0.2) is 158 Å². The Morgan fingerprint density at radius 2 is 1.22 bits per heavy atom. The van der Waals surface area contributed by atoms with Gasteiger partial charge < -0.3 is 4.74 Å². The summed E-state index contributed by atoms with van der Waals surface area (Å²) in [5, 5.41) is 5.86. The van der Waals surface area contributed by atoms with Gasteiger partial charge in [-0.05, 0) is 56.9 Å². The summed E-state index contributed by atoms with van der Waals surface area (Å²) >= 11 is 0. The number of hydrogen-bond acceptors (Lipinski definition) is 5. The molecule has 6 aromatic carbocycles. The summed E-state index contributed by atoms with van der Waals surface area (Å²) in [4.78, 5) is 20.1. The van der Waals surface area contributed by atoms with E-state index in [0.717, 1.165) is 49.9 Å². The lowest BCUT2D eigenvalue weighted by atomic mass is 9.86. The van der Waals surface area contributed by atoms with Gasteiger partial charge in [0, 0.05) is 39.8 Å². The monoisotopic (exact) mass is 628 g/mol. The first kappa shape index (κ1) is 27.6. The van der Waals surface area contributed by atoms with E-state index >= 15 is 0 Å². The van der Waals surface area contributed by atoms with Crippen molar-refractivity contribution in [3.8, 4) is 39.7 Å². The molecule has 1 aliphatic heterocycles. The molecule has 49 heavy (non-hydrogen) atoms. The van der Waals surface area contributed by atoms with Crippen LogP contribution >= 0.6 is 0 Å². The van der Waals surface area contributed by atoms with Crippen molar-refractivity contribution >= 4 is 38.0 Å². The van der Waals surface area contributed by atoms with E-state index in [-0.39, 0.29) is 12.0 Å². The maximum Gasteiger partial charge on any atom is 0.164 e. The molecule has 5 heteroatoms. The molecular weight excluding hydrogens is 601 g/mol. The van der Waals surface area contributed by atoms with E-state index in [2.05, 4.69) is 146 Å². The maximum absolute atomic E-state index is 6.67. The Morgan fingerprint density at radius 3 is 2.12 bits per heavy atom. The third kappa shape index (κ3) is 4.62. The van der Waals surface area contributed by atoms with E-state index in [9.17, 15) is 0 Å². The lowest BCUT2D eigenvalue weighted by Gasteiger charge is -2.22. The molecule has 5 nitrogen and oxygen atoms in total. The van der Waals surface area contributed by atoms with Gasteiger partial charge in [-0.25, -0.2) is 15.0 Å². The third-order valence-corrected chi connectivity index (χ3v) is 9.73. The zero-order valence-corrected chi connectivity index (χ0v) is 26.4. The highest BCUT2D eigenvalue weighted by molar-refractivity contribution is 5.97. The molecular formula is C44H28N4O. The molecule has 2 unspecified atom stereocenters. The quantitative estimate of drug-likeness (QED) is 0.194. The van der Waals surface area contributed by atoms with Crippen molar-refractivity contribution in [2.75, 3.05) is 0 Å². The average molecular weight is 629 g/mol. The van der Waals surface area contributed by atoms with Crippen LogP contribution < -0.4 is 4.74 Å². The highest BCUT2D eigenvalue weighted by Crippen LogP contribution is 2.48. The molecule has 230 valence electrons. The highest BCUT2D eigenvalue weighted by Gasteiger charge is 2.40. The largest absolute Gasteiger partial charge is 0.484 e. The fourth-order valence-electron chi connectivity index (χ4n) is 7.33. The minimum Gasteiger partial charge on any atom is -0.484 e. The molecule has 8 aromatic rings. The van der Waals surface area contributed by atoms with Crippen molar-refractivity contribution in [2.45, 2.75) is 12.0 Å². The van der Waals surface area contributed by atoms with Gasteiger partial charge in [-0.15, -0.1) is 0 Å². The number of pyridine rings is 1. The Morgan fingerprint density at radius 1 is 0.531 bits per heavy atom. The number of allylic oxidation sites excluding steroid dienone is 2. The summed E-state index contributed by atoms with van der Waals surface area (Å²) in [5.41, 5.74) is 7.20. The van der Waals surface area contributed by atoms with Crippen molar-refractivity contribution in [1.29, 1.82) is 0 Å². The molecule has 2 aromatic heterocycles. The van der Waals surface area contributed by atoms with Gasteiger partial charge in [-0.1, -0.05) is 127 Å². The molecule has 3 heterocycles. The van der Waals surface area contributed by atoms with E-state index in [1.807, 2.05) is 12.3 Å². The van der Waals surface area contributed by atoms with Gasteiger partial charge in [0.1, 0.15) is 11.9 Å². The SMILES string of the molecule is C1=CC2c3c(ccc4cccnc34)OC2C(c2nc(-c3ccc(-c4cccc5ccccc45)cc3)nc(-c3ccc4ccccc4c3)n2)=C1. The molecule has 1 aliphatic carbocycles. The number of aromatic nitrogens is 4. The molecule has 0 radical (unpaired) electrons. The van der Waals surface area contributed by atoms with E-state index in [1.54, 1.807) is 0 Å². The second kappa shape index (κ2) is 11.1. The van der Waals surface area contributed by atoms with Crippen molar-refractivity contribution in [1.82, 2.24) is 19.9 Å². The molecule has 0 saturated carbocycles. The van der Waals surface area contributed by atoms with Crippen LogP contribution in [0.3, 0.4) is 0 Å². The highest BCUT2D eigenvalue weighted by atomic mass is 16.5. The van der Waals surface area contributed by atoms with E-state index in [1.165, 1.54) is 21.7 Å². The normalized spacial score (nSPS) is 16.4. The predicted molar refractivity (Wildman–Crippen MR) is 197 cm³/mol. The first-order chi connectivity index (χ1) is 24.3. The number of benzene rings is 6. The number of ether oxygens (including phenoxy) is 1. The van der Waals surface area contributed by atoms with Gasteiger partial charge in [0.05, 0.1) is 5.52 Å². The smallest absolute Gasteiger partial charge is 0.164 e. The molecule has 0 amide bonds. The third-order valence-electron chi connectivity index (χ3n) is 9.73. The molecule has 10 rings (SSSR count). The average Bonchev–Trinajstić information content (AvgIpc) is 3.57. The van der Waals surface area contributed by atoms with Crippen LogP contribution in [0.4, 0.5) is 0 Å². The Kier molecular flexibility index (Phi) is 6.24. The molecule has 0 fully saturated rings. The van der Waals surface area contributed by atoms with Crippen LogP contribution in [0.2, 0.25) is 0 Å². The van der Waals surface area contributed by atoms with Crippen molar-refractivity contribution in [3.63, 3.8) is 0 Å². The molecule has 0 N–H and O–H groups in total. The van der Waals surface area contributed by atoms with Gasteiger partial charge in [0.15, 0.2) is 17.5 Å². The van der Waals surface area contributed by atoms with E-state index in [4.69, 9.17) is 24.7 Å². The van der Waals surface area contributed by atoms with Crippen LogP contribution in [0.25, 0.3) is 71.9 Å². The first-order valence-corrected chi connectivity index (χ1v) is 16.5. The zero-order valence-electron chi connectivity index (χ0n) is 26.4. The van der Waals surface area contributed by atoms with Crippen molar-refractivity contribution in [2.24, 2.45) is 0 Å². The maximum atomic E-state index is 6.67. The summed E-state index contributed by atoms with van der Waals surface area (Å²) in [6, 6.07) is 46.4. The van der Waals surface area contributed by atoms with Crippen LogP contribution in [0.5, 0.6) is 5.75 Å². The second-order valence-electron chi connectivity index (χ2n) is 12.6. The van der Waals surface area contributed by atoms with E-state index in [0.29, 0.717) is 17.5 Å². The summed E-state index contributed by atoms with van der Waals surface area (Å²) in [6.45, 7) is 0. The summed E-state index contributed by atoms with van der Waals surface area (Å²) in [6.07, 6.45) is 7.94. The number of hydrogen-bond donors (Lipinski definition) is 0. The lowest BCUT2D eigenvalue weighted by molar-refractivity contribution is 0.277. The number of nitrogens with zero attached hydrogens (tertiary/aromatic N) is 4. The zero-order chi connectivity index (χ0) is 32.3. The fourth-order valence-corrected chi connectivity index (χ4v) is 7.33. The van der Waals surface area contributed by atoms with Gasteiger partial charge in [0.25, 0.3) is 0 Å². The predicted octanol–water partition coefficient (Wildman–Crippen LogP) is 10.2. The molecule has 0 spiro atoms. The Balaban J connectivity index is 1.10. The second-order valence-corrected chi connectivity index (χ2v) is 12.6. The van der Waals surface area contributed by atoms with Crippen LogP contribution in [0.1, 0.15) is 17.3 Å². The minimum atomic E-state index is -0.277. The Labute approximate surface area is 282 Å². The minimum absolute atomic E-state index is 0.00193. The van der Waals surface area contributed by atoms with Gasteiger partial charge in [0.2, 0.25) is 0 Å². The van der Waals surface area contributed by atoms with Crippen LogP contribution in [0, 0.1) is 0 Å². The van der Waals surface area contributed by atoms with Gasteiger partial charge >= 0.3 is 0 Å². The van der Waals surface area contributed by atoms with Crippen LogP contribution in [-0.4, -0.2) is 26.0 Å². The molecule has 0 bridgehead atoms. The standard InChI is InChI=1S/C44H28N4O/c1-2-10-32-26-33(22-17-27(32)8-1)43-46-42(31-20-18-29(19-21-31)35-14-5-11-28-9-3-4-13-34(28)35)47-44(48-43)37-16-6-15-36-39-38(49-41(36)37)24-23-30-12-7-25-45-40(30)39/h1-26,36,41H.